The van der Waals surface area contributed by atoms with Crippen molar-refractivity contribution in [3.05, 3.63) is 34.2 Å². The number of carbonyl (C=O) groups excluding carboxylic acids is 1. The van der Waals surface area contributed by atoms with Crippen LogP contribution in [0.2, 0.25) is 0 Å². The maximum Gasteiger partial charge on any atom is 0.204 e. The minimum Gasteiger partial charge on any atom is -0.460 e. The van der Waals surface area contributed by atoms with Crippen molar-refractivity contribution in [3.8, 4) is 0 Å². The second kappa shape index (κ2) is 5.14. The third-order valence-corrected chi connectivity index (χ3v) is 3.39. The van der Waals surface area contributed by atoms with Crippen LogP contribution < -0.4 is 5.43 Å². The lowest BCUT2D eigenvalue weighted by Gasteiger charge is -1.91. The number of nitrogens with one attached hydrogen (secondary N) is 1. The molecule has 0 saturated heterocycles. The molecule has 18 heavy (non-hydrogen) atoms. The fourth-order valence-corrected chi connectivity index (χ4v) is 2.26. The molecule has 0 fully saturated rings. The molecule has 2 aromatic heterocycles. The largest absolute Gasteiger partial charge is 0.460 e. The molecule has 0 spiro atoms. The van der Waals surface area contributed by atoms with Crippen LogP contribution in [-0.4, -0.2) is 17.0 Å². The van der Waals surface area contributed by atoms with Crippen LogP contribution in [0.3, 0.4) is 0 Å². The number of rotatable bonds is 4. The van der Waals surface area contributed by atoms with Crippen molar-refractivity contribution in [2.45, 2.75) is 20.8 Å². The topological polar surface area (TPSA) is 67.5 Å². The Hall–Kier alpha value is -1.95. The molecule has 0 amide bonds. The van der Waals surface area contributed by atoms with Gasteiger partial charge in [0.25, 0.3) is 0 Å². The molecule has 0 unspecified atom stereocenters. The average molecular weight is 263 g/mol. The van der Waals surface area contributed by atoms with E-state index in [1.165, 1.54) is 18.3 Å². The van der Waals surface area contributed by atoms with Gasteiger partial charge in [-0.1, -0.05) is 11.3 Å². The zero-order valence-electron chi connectivity index (χ0n) is 10.4. The number of carbonyl (C=O) groups is 1. The Morgan fingerprint density at radius 2 is 2.28 bits per heavy atom. The molecule has 0 saturated carbocycles. The van der Waals surface area contributed by atoms with E-state index in [4.69, 9.17) is 4.42 Å². The van der Waals surface area contributed by atoms with Crippen LogP contribution in [0.1, 0.15) is 33.8 Å². The highest BCUT2D eigenvalue weighted by atomic mass is 32.1. The predicted molar refractivity (Wildman–Crippen MR) is 71.5 cm³/mol. The second-order valence-electron chi connectivity index (χ2n) is 3.81. The zero-order chi connectivity index (χ0) is 13.1. The first kappa shape index (κ1) is 12.5. The van der Waals surface area contributed by atoms with E-state index in [1.54, 1.807) is 13.1 Å². The van der Waals surface area contributed by atoms with Gasteiger partial charge in [-0.2, -0.15) is 5.10 Å². The summed E-state index contributed by atoms with van der Waals surface area (Å²) in [4.78, 5) is 16.1. The maximum absolute atomic E-state index is 11.3. The van der Waals surface area contributed by atoms with Gasteiger partial charge >= 0.3 is 0 Å². The van der Waals surface area contributed by atoms with Crippen molar-refractivity contribution in [2.24, 2.45) is 5.10 Å². The number of anilines is 1. The Labute approximate surface area is 109 Å². The fraction of sp³-hybridized carbons (Fsp3) is 0.250. The van der Waals surface area contributed by atoms with E-state index in [0.29, 0.717) is 15.8 Å². The molecular formula is C12H13N3O2S. The smallest absolute Gasteiger partial charge is 0.204 e. The van der Waals surface area contributed by atoms with Crippen molar-refractivity contribution in [1.82, 2.24) is 4.98 Å². The summed E-state index contributed by atoms with van der Waals surface area (Å²) in [5.41, 5.74) is 3.50. The molecule has 1 N–H and O–H groups in total. The lowest BCUT2D eigenvalue weighted by atomic mass is 10.3. The van der Waals surface area contributed by atoms with Crippen LogP contribution in [0, 0.1) is 13.8 Å². The van der Waals surface area contributed by atoms with Gasteiger partial charge in [-0.05, 0) is 26.0 Å². The number of thiazole rings is 1. The van der Waals surface area contributed by atoms with Crippen molar-refractivity contribution < 1.29 is 9.21 Å². The molecule has 94 valence electrons. The lowest BCUT2D eigenvalue weighted by Crippen LogP contribution is -1.90. The van der Waals surface area contributed by atoms with Gasteiger partial charge in [0.05, 0.1) is 16.8 Å². The minimum atomic E-state index is 0.0173. The van der Waals surface area contributed by atoms with Gasteiger partial charge < -0.3 is 4.42 Å². The van der Waals surface area contributed by atoms with Gasteiger partial charge in [0, 0.05) is 6.92 Å². The Balaban J connectivity index is 2.04. The minimum absolute atomic E-state index is 0.0173. The van der Waals surface area contributed by atoms with E-state index in [0.717, 1.165) is 11.5 Å². The monoisotopic (exact) mass is 263 g/mol. The highest BCUT2D eigenvalue weighted by molar-refractivity contribution is 7.17. The number of Topliss-reactive ketones (excluding diaryl/α,β-unsaturated/α-hetero) is 1. The van der Waals surface area contributed by atoms with E-state index < -0.39 is 0 Å². The standard InChI is InChI=1S/C12H13N3O2S/c1-7-4-5-10(17-7)6-13-15-12-14-8(2)11(18-12)9(3)16/h4-6H,1-3H3,(H,14,15)/b13-6-. The summed E-state index contributed by atoms with van der Waals surface area (Å²) < 4.78 is 5.33. The third kappa shape index (κ3) is 2.84. The molecule has 0 aliphatic carbocycles. The number of furan rings is 1. The average Bonchev–Trinajstić information content (AvgIpc) is 2.85. The van der Waals surface area contributed by atoms with E-state index in [9.17, 15) is 4.79 Å². The van der Waals surface area contributed by atoms with Crippen LogP contribution in [0.5, 0.6) is 0 Å². The van der Waals surface area contributed by atoms with Gasteiger partial charge in [0.15, 0.2) is 5.78 Å². The van der Waals surface area contributed by atoms with Crippen molar-refractivity contribution in [3.63, 3.8) is 0 Å². The molecule has 2 aromatic rings. The molecule has 0 radical (unpaired) electrons. The summed E-state index contributed by atoms with van der Waals surface area (Å²) in [6.45, 7) is 5.20. The molecule has 5 nitrogen and oxygen atoms in total. The van der Waals surface area contributed by atoms with E-state index in [2.05, 4.69) is 15.5 Å². The highest BCUT2D eigenvalue weighted by Gasteiger charge is 2.10. The normalized spacial score (nSPS) is 11.1. The molecule has 2 heterocycles. The second-order valence-corrected chi connectivity index (χ2v) is 4.81. The number of hydrazone groups is 1. The van der Waals surface area contributed by atoms with Gasteiger partial charge in [0.1, 0.15) is 11.5 Å². The fourth-order valence-electron chi connectivity index (χ4n) is 1.44. The highest BCUT2D eigenvalue weighted by Crippen LogP contribution is 2.22. The first-order valence-electron chi connectivity index (χ1n) is 5.40. The molecular weight excluding hydrogens is 250 g/mol. The van der Waals surface area contributed by atoms with Crippen LogP contribution in [0.25, 0.3) is 0 Å². The van der Waals surface area contributed by atoms with E-state index in [1.807, 2.05) is 19.1 Å². The van der Waals surface area contributed by atoms with Crippen LogP contribution in [0.4, 0.5) is 5.13 Å². The van der Waals surface area contributed by atoms with Gasteiger partial charge in [-0.15, -0.1) is 0 Å². The lowest BCUT2D eigenvalue weighted by molar-refractivity contribution is 0.102. The number of nitrogens with zero attached hydrogens (tertiary/aromatic N) is 2. The van der Waals surface area contributed by atoms with E-state index in [-0.39, 0.29) is 5.78 Å². The predicted octanol–water partition coefficient (Wildman–Crippen LogP) is 3.00. The molecule has 0 aliphatic rings. The molecule has 0 aromatic carbocycles. The van der Waals surface area contributed by atoms with Crippen LogP contribution in [0.15, 0.2) is 21.7 Å². The van der Waals surface area contributed by atoms with Gasteiger partial charge in [-0.3, -0.25) is 10.2 Å². The summed E-state index contributed by atoms with van der Waals surface area (Å²) in [7, 11) is 0. The quantitative estimate of drug-likeness (QED) is 0.523. The van der Waals surface area contributed by atoms with Crippen molar-refractivity contribution in [2.75, 3.05) is 5.43 Å². The SMILES string of the molecule is CC(=O)c1sc(N/N=C\c2ccc(C)o2)nc1C. The number of aromatic nitrogens is 1. The molecule has 6 heteroatoms. The first-order valence-corrected chi connectivity index (χ1v) is 6.22. The molecule has 0 aliphatic heterocycles. The van der Waals surface area contributed by atoms with Crippen molar-refractivity contribution in [1.29, 1.82) is 0 Å². The number of ketones is 1. The first-order chi connectivity index (χ1) is 8.56. The Morgan fingerprint density at radius 1 is 1.50 bits per heavy atom. The van der Waals surface area contributed by atoms with Gasteiger partial charge in [-0.25, -0.2) is 4.98 Å². The summed E-state index contributed by atoms with van der Waals surface area (Å²) in [6.07, 6.45) is 1.57. The summed E-state index contributed by atoms with van der Waals surface area (Å²) in [5, 5.41) is 4.60. The van der Waals surface area contributed by atoms with Crippen LogP contribution >= 0.6 is 11.3 Å². The van der Waals surface area contributed by atoms with Crippen molar-refractivity contribution >= 4 is 28.5 Å². The zero-order valence-corrected chi connectivity index (χ0v) is 11.2. The number of aryl methyl sites for hydroxylation is 2. The summed E-state index contributed by atoms with van der Waals surface area (Å²) >= 11 is 1.29. The summed E-state index contributed by atoms with van der Waals surface area (Å²) in [6, 6.07) is 3.69. The van der Waals surface area contributed by atoms with Crippen LogP contribution in [-0.2, 0) is 0 Å². The summed E-state index contributed by atoms with van der Waals surface area (Å²) in [5.74, 6) is 1.52. The van der Waals surface area contributed by atoms with E-state index >= 15 is 0 Å². The Kier molecular flexibility index (Phi) is 3.57. The molecule has 0 bridgehead atoms. The Morgan fingerprint density at radius 3 is 2.83 bits per heavy atom. The number of hydrogen-bond acceptors (Lipinski definition) is 6. The molecule has 0 atom stereocenters. The third-order valence-electron chi connectivity index (χ3n) is 2.23. The van der Waals surface area contributed by atoms with Gasteiger partial charge in [0.2, 0.25) is 5.13 Å². The molecule has 2 rings (SSSR count). The maximum atomic E-state index is 11.3. The Bertz CT molecular complexity index is 598. The number of hydrogen-bond donors (Lipinski definition) is 1.